The minimum Gasteiger partial charge on any atom is -0.458 e. The molecule has 2 saturated carbocycles. The van der Waals surface area contributed by atoms with Gasteiger partial charge in [-0.3, -0.25) is 9.59 Å². The highest BCUT2D eigenvalue weighted by molar-refractivity contribution is 5.79. The lowest BCUT2D eigenvalue weighted by Crippen LogP contribution is -2.55. The number of rotatable bonds is 4. The van der Waals surface area contributed by atoms with Crippen molar-refractivity contribution in [3.8, 4) is 0 Å². The number of carbonyl (C=O) groups excluding carboxylic acids is 2. The number of ether oxygens (including phenoxy) is 2. The summed E-state index contributed by atoms with van der Waals surface area (Å²) in [5.41, 5.74) is -1.11. The fourth-order valence-electron chi connectivity index (χ4n) is 4.51. The van der Waals surface area contributed by atoms with Gasteiger partial charge in [0.05, 0.1) is 11.3 Å². The number of hydrogen-bond donors (Lipinski definition) is 0. The molecular weight excluding hydrogens is 268 g/mol. The summed E-state index contributed by atoms with van der Waals surface area (Å²) in [6, 6.07) is 0. The first kappa shape index (κ1) is 14.9. The second-order valence-electron chi connectivity index (χ2n) is 7.93. The molecule has 1 heterocycles. The van der Waals surface area contributed by atoms with Crippen LogP contribution in [0.4, 0.5) is 0 Å². The van der Waals surface area contributed by atoms with Crippen molar-refractivity contribution in [1.29, 1.82) is 0 Å². The van der Waals surface area contributed by atoms with Crippen LogP contribution < -0.4 is 0 Å². The van der Waals surface area contributed by atoms with Gasteiger partial charge < -0.3 is 9.47 Å². The van der Waals surface area contributed by atoms with Gasteiger partial charge in [-0.2, -0.15) is 0 Å². The molecule has 5 atom stereocenters. The lowest BCUT2D eigenvalue weighted by atomic mass is 9.72. The van der Waals surface area contributed by atoms with Crippen molar-refractivity contribution in [3.63, 3.8) is 0 Å². The van der Waals surface area contributed by atoms with Crippen LogP contribution in [0.15, 0.2) is 0 Å². The highest BCUT2D eigenvalue weighted by Crippen LogP contribution is 2.63. The summed E-state index contributed by atoms with van der Waals surface area (Å²) < 4.78 is 11.8. The van der Waals surface area contributed by atoms with Crippen LogP contribution in [0.1, 0.15) is 53.9 Å². The molecule has 0 amide bonds. The zero-order valence-corrected chi connectivity index (χ0v) is 13.6. The Bertz CT molecular complexity index is 481. The predicted octanol–water partition coefficient (Wildman–Crippen LogP) is 2.94. The lowest BCUT2D eigenvalue weighted by molar-refractivity contribution is -0.201. The molecule has 0 aromatic heterocycles. The minimum atomic E-state index is -0.614. The third-order valence-electron chi connectivity index (χ3n) is 6.24. The fraction of sp³-hybridized carbons (Fsp3) is 0.882. The summed E-state index contributed by atoms with van der Waals surface area (Å²) >= 11 is 0. The van der Waals surface area contributed by atoms with Crippen LogP contribution in [0.3, 0.4) is 0 Å². The topological polar surface area (TPSA) is 52.6 Å². The maximum atomic E-state index is 12.6. The smallest absolute Gasteiger partial charge is 0.312 e. The van der Waals surface area contributed by atoms with E-state index in [1.807, 2.05) is 20.8 Å². The van der Waals surface area contributed by atoms with Crippen molar-refractivity contribution in [1.82, 2.24) is 0 Å². The van der Waals surface area contributed by atoms with E-state index in [1.165, 1.54) is 0 Å². The van der Waals surface area contributed by atoms with Gasteiger partial charge in [0.25, 0.3) is 0 Å². The number of fused-ring (bicyclic) bond motifs is 1. The van der Waals surface area contributed by atoms with Crippen molar-refractivity contribution in [3.05, 3.63) is 0 Å². The van der Waals surface area contributed by atoms with Gasteiger partial charge in [-0.15, -0.1) is 0 Å². The molecule has 118 valence electrons. The second-order valence-corrected chi connectivity index (χ2v) is 7.93. The minimum absolute atomic E-state index is 0.0461. The Kier molecular flexibility index (Phi) is 3.16. The van der Waals surface area contributed by atoms with Crippen molar-refractivity contribution < 1.29 is 19.1 Å². The molecule has 2 aliphatic carbocycles. The van der Waals surface area contributed by atoms with Crippen LogP contribution in [0.2, 0.25) is 0 Å². The molecule has 4 nitrogen and oxygen atoms in total. The van der Waals surface area contributed by atoms with Gasteiger partial charge in [-0.1, -0.05) is 20.8 Å². The third-order valence-corrected chi connectivity index (χ3v) is 6.24. The van der Waals surface area contributed by atoms with Crippen LogP contribution in [-0.2, 0) is 19.1 Å². The first-order valence-corrected chi connectivity index (χ1v) is 8.18. The Morgan fingerprint density at radius 3 is 2.67 bits per heavy atom. The summed E-state index contributed by atoms with van der Waals surface area (Å²) in [4.78, 5) is 24.6. The van der Waals surface area contributed by atoms with Crippen LogP contribution in [-0.4, -0.2) is 23.6 Å². The first-order valence-electron chi connectivity index (χ1n) is 8.18. The molecule has 0 aromatic rings. The van der Waals surface area contributed by atoms with E-state index in [0.717, 1.165) is 19.3 Å². The molecule has 4 heteroatoms. The highest BCUT2D eigenvalue weighted by atomic mass is 16.6. The lowest BCUT2D eigenvalue weighted by Gasteiger charge is -2.44. The number of hydrogen-bond acceptors (Lipinski definition) is 4. The fourth-order valence-corrected chi connectivity index (χ4v) is 4.51. The van der Waals surface area contributed by atoms with Crippen LogP contribution in [0.25, 0.3) is 0 Å². The van der Waals surface area contributed by atoms with Gasteiger partial charge in [-0.25, -0.2) is 0 Å². The second kappa shape index (κ2) is 4.47. The Balaban J connectivity index is 1.93. The van der Waals surface area contributed by atoms with E-state index < -0.39 is 11.0 Å². The van der Waals surface area contributed by atoms with E-state index in [9.17, 15) is 9.59 Å². The third kappa shape index (κ3) is 1.80. The monoisotopic (exact) mass is 294 g/mol. The molecule has 0 spiro atoms. The maximum absolute atomic E-state index is 12.6. The molecule has 1 aliphatic heterocycles. The van der Waals surface area contributed by atoms with Crippen molar-refractivity contribution in [2.75, 3.05) is 0 Å². The summed E-state index contributed by atoms with van der Waals surface area (Å²) in [6.07, 6.45) is 2.28. The summed E-state index contributed by atoms with van der Waals surface area (Å²) in [5, 5.41) is 0. The zero-order valence-electron chi connectivity index (χ0n) is 13.6. The van der Waals surface area contributed by atoms with E-state index in [2.05, 4.69) is 13.8 Å². The van der Waals surface area contributed by atoms with Crippen molar-refractivity contribution in [2.45, 2.75) is 65.6 Å². The maximum Gasteiger partial charge on any atom is 0.312 e. The molecule has 1 saturated heterocycles. The Morgan fingerprint density at radius 2 is 2.10 bits per heavy atom. The molecule has 21 heavy (non-hydrogen) atoms. The average molecular weight is 294 g/mol. The van der Waals surface area contributed by atoms with E-state index in [-0.39, 0.29) is 41.7 Å². The molecular formula is C17H26O4. The Morgan fingerprint density at radius 1 is 1.43 bits per heavy atom. The van der Waals surface area contributed by atoms with Gasteiger partial charge in [0.15, 0.2) is 5.60 Å². The molecule has 3 aliphatic rings. The predicted molar refractivity (Wildman–Crippen MR) is 77.3 cm³/mol. The molecule has 5 unspecified atom stereocenters. The molecule has 0 radical (unpaired) electrons. The normalized spacial score (nSPS) is 40.8. The van der Waals surface area contributed by atoms with Gasteiger partial charge in [0.2, 0.25) is 0 Å². The van der Waals surface area contributed by atoms with Crippen molar-refractivity contribution >= 4 is 11.9 Å². The van der Waals surface area contributed by atoms with Crippen LogP contribution >= 0.6 is 0 Å². The van der Waals surface area contributed by atoms with E-state index in [4.69, 9.17) is 9.47 Å². The molecule has 0 aromatic carbocycles. The van der Waals surface area contributed by atoms with Crippen molar-refractivity contribution in [2.24, 2.45) is 29.1 Å². The van der Waals surface area contributed by atoms with Gasteiger partial charge in [0, 0.05) is 11.8 Å². The SMILES string of the molecule is CCC(C)(C)C(=O)OC1(C(C)C)C2CC3C(=O)OC1C3C2. The Hall–Kier alpha value is -1.06. The Labute approximate surface area is 126 Å². The number of carbonyl (C=O) groups is 2. The average Bonchev–Trinajstić information content (AvgIpc) is 3.02. The first-order chi connectivity index (χ1) is 9.74. The van der Waals surface area contributed by atoms with Gasteiger partial charge in [0.1, 0.15) is 6.10 Å². The standard InChI is InChI=1S/C17H26O4/c1-6-16(4,5)15(19)21-17(9(2)3)10-7-11-12(8-10)14(18)20-13(11)17/h9-13H,6-8H2,1-5H3. The summed E-state index contributed by atoms with van der Waals surface area (Å²) in [6.45, 7) is 9.98. The largest absolute Gasteiger partial charge is 0.458 e. The molecule has 0 N–H and O–H groups in total. The van der Waals surface area contributed by atoms with Crippen LogP contribution in [0, 0.1) is 29.1 Å². The van der Waals surface area contributed by atoms with Gasteiger partial charge >= 0.3 is 11.9 Å². The van der Waals surface area contributed by atoms with Crippen LogP contribution in [0.5, 0.6) is 0 Å². The summed E-state index contributed by atoms with van der Waals surface area (Å²) in [5.74, 6) is 0.472. The zero-order chi connectivity index (χ0) is 15.6. The highest BCUT2D eigenvalue weighted by Gasteiger charge is 2.72. The van der Waals surface area contributed by atoms with E-state index in [0.29, 0.717) is 0 Å². The molecule has 3 fully saturated rings. The van der Waals surface area contributed by atoms with Gasteiger partial charge in [-0.05, 0) is 39.0 Å². The summed E-state index contributed by atoms with van der Waals surface area (Å²) in [7, 11) is 0. The molecule has 2 bridgehead atoms. The number of esters is 2. The molecule has 3 rings (SSSR count). The quantitative estimate of drug-likeness (QED) is 0.748. The van der Waals surface area contributed by atoms with E-state index >= 15 is 0 Å². The van der Waals surface area contributed by atoms with E-state index in [1.54, 1.807) is 0 Å².